The summed E-state index contributed by atoms with van der Waals surface area (Å²) in [6.45, 7) is 0. The number of hydrogen-bond acceptors (Lipinski definition) is 2. The number of benzene rings is 2. The molecule has 0 atom stereocenters. The molecule has 0 aliphatic heterocycles. The molecule has 0 amide bonds. The molecule has 118 valence electrons. The van der Waals surface area contributed by atoms with E-state index in [1.54, 1.807) is 0 Å². The molecule has 0 saturated carbocycles. The molecular formula is C12H2Cl8S2. The summed E-state index contributed by atoms with van der Waals surface area (Å²) >= 11 is 48.6. The Hall–Kier alpha value is 1.46. The minimum atomic E-state index is 0.286. The highest BCUT2D eigenvalue weighted by atomic mass is 35.5. The predicted octanol–water partition coefficient (Wildman–Crippen LogP) is 9.71. The summed E-state index contributed by atoms with van der Waals surface area (Å²) < 4.78 is 0. The molecule has 22 heavy (non-hydrogen) atoms. The first-order chi connectivity index (χ1) is 10.2. The Morgan fingerprint density at radius 1 is 0.455 bits per heavy atom. The normalized spacial score (nSPS) is 11.1. The summed E-state index contributed by atoms with van der Waals surface area (Å²) in [7, 11) is 2.40. The Morgan fingerprint density at radius 3 is 0.909 bits per heavy atom. The summed E-state index contributed by atoms with van der Waals surface area (Å²) in [5.74, 6) is 0. The molecule has 2 aromatic carbocycles. The van der Waals surface area contributed by atoms with Crippen LogP contribution in [0.15, 0.2) is 21.9 Å². The van der Waals surface area contributed by atoms with Crippen molar-refractivity contribution in [3.05, 3.63) is 52.3 Å². The van der Waals surface area contributed by atoms with Crippen LogP contribution in [0.4, 0.5) is 0 Å². The molecule has 0 aliphatic rings. The van der Waals surface area contributed by atoms with Crippen LogP contribution in [0.25, 0.3) is 0 Å². The molecular weight excluding hydrogens is 492 g/mol. The fraction of sp³-hybridized carbons (Fsp3) is 0. The molecule has 0 nitrogen and oxygen atoms in total. The van der Waals surface area contributed by atoms with Gasteiger partial charge in [-0.3, -0.25) is 0 Å². The highest BCUT2D eigenvalue weighted by Crippen LogP contribution is 2.53. The Bertz CT molecular complexity index is 631. The van der Waals surface area contributed by atoms with Crippen molar-refractivity contribution < 1.29 is 0 Å². The van der Waals surface area contributed by atoms with E-state index in [-0.39, 0.29) is 20.1 Å². The fourth-order valence-corrected chi connectivity index (χ4v) is 6.59. The van der Waals surface area contributed by atoms with Gasteiger partial charge in [0.05, 0.1) is 50.0 Å². The van der Waals surface area contributed by atoms with Crippen LogP contribution in [-0.2, 0) is 0 Å². The van der Waals surface area contributed by atoms with Crippen LogP contribution in [0.2, 0.25) is 40.2 Å². The molecule has 0 bridgehead atoms. The Kier molecular flexibility index (Phi) is 7.40. The number of hydrogen-bond donors (Lipinski definition) is 0. The maximum absolute atomic E-state index is 6.15. The highest BCUT2D eigenvalue weighted by molar-refractivity contribution is 8.76. The Morgan fingerprint density at radius 2 is 0.682 bits per heavy atom. The van der Waals surface area contributed by atoms with Gasteiger partial charge in [-0.15, -0.1) is 0 Å². The minimum Gasteiger partial charge on any atom is -0.0826 e. The second kappa shape index (κ2) is 8.23. The molecule has 0 aromatic heterocycles. The van der Waals surface area contributed by atoms with Crippen molar-refractivity contribution in [3.63, 3.8) is 0 Å². The molecule has 0 N–H and O–H groups in total. The Balaban J connectivity index is 2.40. The van der Waals surface area contributed by atoms with Crippen LogP contribution in [-0.4, -0.2) is 0 Å². The quantitative estimate of drug-likeness (QED) is 0.308. The van der Waals surface area contributed by atoms with Gasteiger partial charge in [0.2, 0.25) is 0 Å². The molecule has 2 aromatic rings. The van der Waals surface area contributed by atoms with Gasteiger partial charge < -0.3 is 0 Å². The third-order valence-corrected chi connectivity index (χ3v) is 8.43. The van der Waals surface area contributed by atoms with Crippen LogP contribution in [0.3, 0.4) is 0 Å². The maximum Gasteiger partial charge on any atom is 0.0753 e. The third kappa shape index (κ3) is 4.16. The van der Waals surface area contributed by atoms with Crippen molar-refractivity contribution in [2.24, 2.45) is 0 Å². The summed E-state index contributed by atoms with van der Waals surface area (Å²) in [6, 6.07) is 2.94. The van der Waals surface area contributed by atoms with Gasteiger partial charge in [-0.05, 0) is 33.7 Å². The summed E-state index contributed by atoms with van der Waals surface area (Å²) in [4.78, 5) is 0.989. The van der Waals surface area contributed by atoms with E-state index < -0.39 is 0 Å². The molecule has 2 rings (SSSR count). The lowest BCUT2D eigenvalue weighted by Crippen LogP contribution is -1.82. The van der Waals surface area contributed by atoms with Crippen LogP contribution in [0, 0.1) is 0 Å². The second-order valence-corrected chi connectivity index (χ2v) is 9.05. The largest absolute Gasteiger partial charge is 0.0826 e. The predicted molar refractivity (Wildman–Crippen MR) is 105 cm³/mol. The zero-order valence-electron chi connectivity index (χ0n) is 9.99. The molecule has 0 saturated heterocycles. The van der Waals surface area contributed by atoms with Crippen molar-refractivity contribution in [2.45, 2.75) is 9.79 Å². The van der Waals surface area contributed by atoms with Gasteiger partial charge in [-0.2, -0.15) is 0 Å². The first-order valence-electron chi connectivity index (χ1n) is 5.24. The van der Waals surface area contributed by atoms with Gasteiger partial charge in [0, 0.05) is 0 Å². The van der Waals surface area contributed by atoms with Gasteiger partial charge in [-0.1, -0.05) is 92.8 Å². The summed E-state index contributed by atoms with van der Waals surface area (Å²) in [5.41, 5.74) is 0. The number of halogens is 8. The first-order valence-corrected chi connectivity index (χ1v) is 10.4. The molecule has 0 unspecified atom stereocenters. The standard InChI is InChI=1S/C12H2Cl8S2/c13-3-1-4(14)8(18)11(7(3)17)21-22-12-9(19)5(15)2-6(16)10(12)20/h1-2H. The monoisotopic (exact) mass is 490 g/mol. The van der Waals surface area contributed by atoms with E-state index in [1.807, 2.05) is 0 Å². The van der Waals surface area contributed by atoms with Crippen molar-refractivity contribution in [2.75, 3.05) is 0 Å². The van der Waals surface area contributed by atoms with E-state index >= 15 is 0 Å². The summed E-state index contributed by atoms with van der Waals surface area (Å²) in [5, 5.41) is 2.31. The lowest BCUT2D eigenvalue weighted by molar-refractivity contribution is 1.46. The topological polar surface area (TPSA) is 0 Å². The van der Waals surface area contributed by atoms with E-state index in [0.29, 0.717) is 29.9 Å². The molecule has 0 fully saturated rings. The average molecular weight is 494 g/mol. The number of rotatable bonds is 3. The lowest BCUT2D eigenvalue weighted by atomic mass is 10.3. The molecule has 0 radical (unpaired) electrons. The van der Waals surface area contributed by atoms with Gasteiger partial charge in [0.15, 0.2) is 0 Å². The highest BCUT2D eigenvalue weighted by Gasteiger charge is 2.19. The lowest BCUT2D eigenvalue weighted by Gasteiger charge is -2.12. The van der Waals surface area contributed by atoms with Crippen LogP contribution >= 0.6 is 114 Å². The molecule has 0 spiro atoms. The fourth-order valence-electron chi connectivity index (χ4n) is 1.33. The van der Waals surface area contributed by atoms with Crippen LogP contribution in [0.5, 0.6) is 0 Å². The smallest absolute Gasteiger partial charge is 0.0753 e. The van der Waals surface area contributed by atoms with E-state index in [9.17, 15) is 0 Å². The third-order valence-electron chi connectivity index (χ3n) is 2.35. The maximum atomic E-state index is 6.15. The zero-order valence-corrected chi connectivity index (χ0v) is 17.7. The van der Waals surface area contributed by atoms with E-state index in [1.165, 1.54) is 33.7 Å². The van der Waals surface area contributed by atoms with Crippen LogP contribution in [0.1, 0.15) is 0 Å². The van der Waals surface area contributed by atoms with E-state index in [4.69, 9.17) is 92.8 Å². The van der Waals surface area contributed by atoms with Gasteiger partial charge in [0.25, 0.3) is 0 Å². The average Bonchev–Trinajstić information content (AvgIpc) is 2.46. The second-order valence-electron chi connectivity index (χ2n) is 3.76. The van der Waals surface area contributed by atoms with Crippen LogP contribution < -0.4 is 0 Å². The zero-order chi connectivity index (χ0) is 16.6. The van der Waals surface area contributed by atoms with Gasteiger partial charge in [-0.25, -0.2) is 0 Å². The van der Waals surface area contributed by atoms with Gasteiger partial charge >= 0.3 is 0 Å². The Labute approximate surface area is 175 Å². The minimum absolute atomic E-state index is 0.286. The van der Waals surface area contributed by atoms with E-state index in [2.05, 4.69) is 0 Å². The summed E-state index contributed by atoms with van der Waals surface area (Å²) in [6.07, 6.45) is 0. The molecule has 0 heterocycles. The van der Waals surface area contributed by atoms with Crippen molar-refractivity contribution in [1.29, 1.82) is 0 Å². The SMILES string of the molecule is Clc1cc(Cl)c(Cl)c(SSc2c(Cl)c(Cl)cc(Cl)c2Cl)c1Cl. The molecule has 0 aliphatic carbocycles. The van der Waals surface area contributed by atoms with Crippen molar-refractivity contribution in [3.8, 4) is 0 Å². The van der Waals surface area contributed by atoms with Gasteiger partial charge in [0.1, 0.15) is 0 Å². The first kappa shape index (κ1) is 19.8. The van der Waals surface area contributed by atoms with E-state index in [0.717, 1.165) is 0 Å². The molecule has 10 heteroatoms. The van der Waals surface area contributed by atoms with Crippen molar-refractivity contribution in [1.82, 2.24) is 0 Å². The van der Waals surface area contributed by atoms with Crippen molar-refractivity contribution >= 4 is 114 Å².